The summed E-state index contributed by atoms with van der Waals surface area (Å²) in [5.41, 5.74) is 3.09. The molecule has 4 rings (SSSR count). The van der Waals surface area contributed by atoms with Crippen molar-refractivity contribution in [2.75, 3.05) is 11.9 Å². The molecule has 134 valence electrons. The van der Waals surface area contributed by atoms with Crippen molar-refractivity contribution in [2.24, 2.45) is 11.8 Å². The normalized spacial score (nSPS) is 18.8. The number of hydrogen-bond donors (Lipinski definition) is 2. The smallest absolute Gasteiger partial charge is 0.243 e. The highest BCUT2D eigenvalue weighted by atomic mass is 16.2. The van der Waals surface area contributed by atoms with Gasteiger partial charge in [-0.2, -0.15) is 0 Å². The van der Waals surface area contributed by atoms with Crippen molar-refractivity contribution in [3.63, 3.8) is 0 Å². The Labute approximate surface area is 152 Å². The van der Waals surface area contributed by atoms with Gasteiger partial charge in [-0.25, -0.2) is 0 Å². The summed E-state index contributed by atoms with van der Waals surface area (Å²) >= 11 is 0. The average Bonchev–Trinajstić information content (AvgIpc) is 3.30. The van der Waals surface area contributed by atoms with Gasteiger partial charge in [0.2, 0.25) is 11.8 Å². The maximum absolute atomic E-state index is 12.2. The third-order valence-electron chi connectivity index (χ3n) is 5.24. The van der Waals surface area contributed by atoms with Crippen LogP contribution in [0.4, 0.5) is 5.69 Å². The lowest BCUT2D eigenvalue weighted by Crippen LogP contribution is -2.34. The van der Waals surface area contributed by atoms with E-state index in [1.54, 1.807) is 0 Å². The molecule has 1 aromatic heterocycles. The van der Waals surface area contributed by atoms with Gasteiger partial charge in [-0.05, 0) is 43.5 Å². The van der Waals surface area contributed by atoms with Crippen LogP contribution >= 0.6 is 0 Å². The van der Waals surface area contributed by atoms with Gasteiger partial charge in [-0.15, -0.1) is 0 Å². The molecular weight excluding hydrogens is 326 g/mol. The zero-order valence-corrected chi connectivity index (χ0v) is 15.1. The van der Waals surface area contributed by atoms with E-state index >= 15 is 0 Å². The number of fused-ring (bicyclic) bond motifs is 3. The van der Waals surface area contributed by atoms with Crippen LogP contribution in [-0.4, -0.2) is 22.9 Å². The van der Waals surface area contributed by atoms with Crippen molar-refractivity contribution < 1.29 is 9.59 Å². The molecule has 1 aliphatic carbocycles. The standard InChI is InChI=1S/C21H23N3O2/c1-3-24-18-7-5-4-6-15(18)17-11-14(8-9-19(17)24)23-20(25)12-22-21(26)16-10-13(16)2/h4-9,11,13,16H,3,10,12H2,1-2H3,(H,22,26)(H,23,25)/t13-,16+/m0/s1. The maximum Gasteiger partial charge on any atom is 0.243 e. The first-order valence-corrected chi connectivity index (χ1v) is 9.17. The lowest BCUT2D eigenvalue weighted by Gasteiger charge is -2.08. The van der Waals surface area contributed by atoms with Crippen molar-refractivity contribution in [1.29, 1.82) is 0 Å². The van der Waals surface area contributed by atoms with Crippen LogP contribution in [0.15, 0.2) is 42.5 Å². The van der Waals surface area contributed by atoms with E-state index in [1.807, 2.05) is 37.3 Å². The van der Waals surface area contributed by atoms with E-state index in [0.29, 0.717) is 5.92 Å². The van der Waals surface area contributed by atoms with Gasteiger partial charge in [-0.1, -0.05) is 25.1 Å². The molecule has 2 amide bonds. The van der Waals surface area contributed by atoms with Gasteiger partial charge in [0.25, 0.3) is 0 Å². The number of carbonyl (C=O) groups is 2. The van der Waals surface area contributed by atoms with E-state index in [2.05, 4.69) is 34.3 Å². The van der Waals surface area contributed by atoms with Gasteiger partial charge in [0, 0.05) is 40.0 Å². The Morgan fingerprint density at radius 3 is 2.58 bits per heavy atom. The molecule has 5 nitrogen and oxygen atoms in total. The van der Waals surface area contributed by atoms with Crippen LogP contribution in [0.25, 0.3) is 21.8 Å². The first-order chi connectivity index (χ1) is 12.6. The van der Waals surface area contributed by atoms with Crippen LogP contribution in [0.2, 0.25) is 0 Å². The van der Waals surface area contributed by atoms with Crippen LogP contribution in [0.1, 0.15) is 20.3 Å². The average molecular weight is 349 g/mol. The molecule has 5 heteroatoms. The molecule has 1 aliphatic rings. The van der Waals surface area contributed by atoms with Gasteiger partial charge in [0.1, 0.15) is 0 Å². The summed E-state index contributed by atoms with van der Waals surface area (Å²) in [4.78, 5) is 24.0. The second kappa shape index (κ2) is 6.48. The number of anilines is 1. The molecule has 2 aromatic carbocycles. The number of nitrogens with zero attached hydrogens (tertiary/aromatic N) is 1. The highest BCUT2D eigenvalue weighted by molar-refractivity contribution is 6.10. The molecule has 3 aromatic rings. The molecule has 0 unspecified atom stereocenters. The molecular formula is C21H23N3O2. The summed E-state index contributed by atoms with van der Waals surface area (Å²) in [7, 11) is 0. The number of benzene rings is 2. The van der Waals surface area contributed by atoms with E-state index in [4.69, 9.17) is 0 Å². The molecule has 2 atom stereocenters. The van der Waals surface area contributed by atoms with Crippen LogP contribution in [-0.2, 0) is 16.1 Å². The number of aromatic nitrogens is 1. The molecule has 0 bridgehead atoms. The minimum atomic E-state index is -0.203. The van der Waals surface area contributed by atoms with Crippen molar-refractivity contribution >= 4 is 39.3 Å². The van der Waals surface area contributed by atoms with Crippen molar-refractivity contribution in [3.05, 3.63) is 42.5 Å². The molecule has 1 fully saturated rings. The van der Waals surface area contributed by atoms with Crippen LogP contribution in [0.5, 0.6) is 0 Å². The highest BCUT2D eigenvalue weighted by Gasteiger charge is 2.38. The van der Waals surface area contributed by atoms with Gasteiger partial charge in [0.15, 0.2) is 0 Å². The Hall–Kier alpha value is -2.82. The Morgan fingerprint density at radius 2 is 1.85 bits per heavy atom. The number of carbonyl (C=O) groups excluding carboxylic acids is 2. The fraction of sp³-hybridized carbons (Fsp3) is 0.333. The molecule has 2 N–H and O–H groups in total. The molecule has 1 heterocycles. The van der Waals surface area contributed by atoms with E-state index in [-0.39, 0.29) is 24.3 Å². The summed E-state index contributed by atoms with van der Waals surface area (Å²) in [6.45, 7) is 5.08. The SMILES string of the molecule is CCn1c2ccccc2c2cc(NC(=O)CNC(=O)[C@@H]3C[C@@H]3C)ccc21. The van der Waals surface area contributed by atoms with Crippen LogP contribution in [0.3, 0.4) is 0 Å². The van der Waals surface area contributed by atoms with Crippen molar-refractivity contribution in [1.82, 2.24) is 9.88 Å². The minimum Gasteiger partial charge on any atom is -0.347 e. The monoisotopic (exact) mass is 349 g/mol. The predicted molar refractivity (Wildman–Crippen MR) is 104 cm³/mol. The molecule has 0 aliphatic heterocycles. The second-order valence-corrected chi connectivity index (χ2v) is 7.08. The molecule has 26 heavy (non-hydrogen) atoms. The number of hydrogen-bond acceptors (Lipinski definition) is 2. The van der Waals surface area contributed by atoms with Gasteiger partial charge in [-0.3, -0.25) is 9.59 Å². The van der Waals surface area contributed by atoms with E-state index in [9.17, 15) is 9.59 Å². The summed E-state index contributed by atoms with van der Waals surface area (Å²) in [6, 6.07) is 14.3. The largest absolute Gasteiger partial charge is 0.347 e. The number of rotatable bonds is 5. The summed E-state index contributed by atoms with van der Waals surface area (Å²) in [6.07, 6.45) is 0.922. The second-order valence-electron chi connectivity index (χ2n) is 7.08. The zero-order chi connectivity index (χ0) is 18.3. The summed E-state index contributed by atoms with van der Waals surface area (Å²) in [5, 5.41) is 7.91. The third-order valence-corrected chi connectivity index (χ3v) is 5.24. The predicted octanol–water partition coefficient (Wildman–Crippen LogP) is 3.53. The lowest BCUT2D eigenvalue weighted by atomic mass is 10.1. The van der Waals surface area contributed by atoms with E-state index in [1.165, 1.54) is 10.9 Å². The number of nitrogens with one attached hydrogen (secondary N) is 2. The Morgan fingerprint density at radius 1 is 1.12 bits per heavy atom. The molecule has 0 spiro atoms. The molecule has 0 radical (unpaired) electrons. The Balaban J connectivity index is 1.53. The number of para-hydroxylation sites is 1. The summed E-state index contributed by atoms with van der Waals surface area (Å²) < 4.78 is 2.27. The number of amides is 2. The first kappa shape index (κ1) is 16.6. The zero-order valence-electron chi connectivity index (χ0n) is 15.1. The first-order valence-electron chi connectivity index (χ1n) is 9.17. The number of aryl methyl sites for hydroxylation is 1. The van der Waals surface area contributed by atoms with Gasteiger partial charge in [0.05, 0.1) is 6.54 Å². The lowest BCUT2D eigenvalue weighted by molar-refractivity contribution is -0.125. The minimum absolute atomic E-state index is 0.0107. The van der Waals surface area contributed by atoms with Gasteiger partial charge < -0.3 is 15.2 Å². The van der Waals surface area contributed by atoms with Crippen molar-refractivity contribution in [2.45, 2.75) is 26.8 Å². The van der Waals surface area contributed by atoms with Crippen molar-refractivity contribution in [3.8, 4) is 0 Å². The highest BCUT2D eigenvalue weighted by Crippen LogP contribution is 2.37. The fourth-order valence-electron chi connectivity index (χ4n) is 3.66. The van der Waals surface area contributed by atoms with E-state index in [0.717, 1.165) is 29.6 Å². The van der Waals surface area contributed by atoms with Gasteiger partial charge >= 0.3 is 0 Å². The van der Waals surface area contributed by atoms with E-state index < -0.39 is 0 Å². The van der Waals surface area contributed by atoms with Crippen LogP contribution < -0.4 is 10.6 Å². The summed E-state index contributed by atoms with van der Waals surface area (Å²) in [5.74, 6) is 0.301. The maximum atomic E-state index is 12.2. The Bertz CT molecular complexity index is 1010. The third kappa shape index (κ3) is 2.94. The molecule has 0 saturated heterocycles. The fourth-order valence-corrected chi connectivity index (χ4v) is 3.66. The molecule has 1 saturated carbocycles. The quantitative estimate of drug-likeness (QED) is 0.740. The van der Waals surface area contributed by atoms with Crippen LogP contribution in [0, 0.1) is 11.8 Å². The topological polar surface area (TPSA) is 63.1 Å². The Kier molecular flexibility index (Phi) is 4.15.